The number of hydrogen-bond donors (Lipinski definition) is 1. The maximum absolute atomic E-state index is 4.57. The molecule has 1 saturated heterocycles. The van der Waals surface area contributed by atoms with Crippen molar-refractivity contribution in [1.29, 1.82) is 0 Å². The summed E-state index contributed by atoms with van der Waals surface area (Å²) in [5.41, 5.74) is 3.63. The topological polar surface area (TPSA) is 44.8 Å². The van der Waals surface area contributed by atoms with E-state index < -0.39 is 0 Å². The van der Waals surface area contributed by atoms with E-state index in [0.717, 1.165) is 48.0 Å². The van der Waals surface area contributed by atoms with Crippen LogP contribution in [0.4, 0.5) is 0 Å². The smallest absolute Gasteiger partial charge is 0.120 e. The van der Waals surface area contributed by atoms with E-state index in [-0.39, 0.29) is 0 Å². The molecule has 2 aromatic heterocycles. The lowest BCUT2D eigenvalue weighted by Crippen LogP contribution is -2.21. The van der Waals surface area contributed by atoms with E-state index >= 15 is 0 Å². The molecule has 1 atom stereocenters. The van der Waals surface area contributed by atoms with E-state index in [1.807, 2.05) is 18.6 Å². The van der Waals surface area contributed by atoms with Crippen molar-refractivity contribution in [3.05, 3.63) is 70.8 Å². The first kappa shape index (κ1) is 16.5. The predicted molar refractivity (Wildman–Crippen MR) is 103 cm³/mol. The molecule has 25 heavy (non-hydrogen) atoms. The van der Waals surface area contributed by atoms with Gasteiger partial charge in [-0.1, -0.05) is 28.1 Å². The van der Waals surface area contributed by atoms with Crippen LogP contribution in [0.25, 0.3) is 11.3 Å². The highest BCUT2D eigenvalue weighted by atomic mass is 79.9. The molecule has 128 valence electrons. The Labute approximate surface area is 156 Å². The maximum atomic E-state index is 4.57. The summed E-state index contributed by atoms with van der Waals surface area (Å²) in [5, 5.41) is 0. The Morgan fingerprint density at radius 3 is 2.72 bits per heavy atom. The van der Waals surface area contributed by atoms with Gasteiger partial charge in [0.2, 0.25) is 0 Å². The summed E-state index contributed by atoms with van der Waals surface area (Å²) in [6.07, 6.45) is 8.09. The highest BCUT2D eigenvalue weighted by Crippen LogP contribution is 2.23. The lowest BCUT2D eigenvalue weighted by molar-refractivity contribution is 0.309. The fraction of sp³-hybridized carbons (Fsp3) is 0.300. The number of pyridine rings is 1. The van der Waals surface area contributed by atoms with Gasteiger partial charge in [-0.2, -0.15) is 0 Å². The van der Waals surface area contributed by atoms with Crippen LogP contribution >= 0.6 is 15.9 Å². The minimum absolute atomic E-state index is 0.725. The Bertz CT molecular complexity index is 813. The SMILES string of the molecule is Brc1ccc(-c2cnc(CN3CCC(Cc4ccncc4)C3)[nH]2)cc1. The number of aromatic nitrogens is 3. The molecule has 1 N–H and O–H groups in total. The minimum atomic E-state index is 0.725. The van der Waals surface area contributed by atoms with Gasteiger partial charge in [0.1, 0.15) is 5.82 Å². The number of imidazole rings is 1. The lowest BCUT2D eigenvalue weighted by Gasteiger charge is -2.14. The van der Waals surface area contributed by atoms with Gasteiger partial charge >= 0.3 is 0 Å². The number of benzene rings is 1. The quantitative estimate of drug-likeness (QED) is 0.698. The van der Waals surface area contributed by atoms with Crippen molar-refractivity contribution >= 4 is 15.9 Å². The molecule has 0 saturated carbocycles. The van der Waals surface area contributed by atoms with E-state index in [0.29, 0.717) is 0 Å². The lowest BCUT2D eigenvalue weighted by atomic mass is 10.00. The summed E-state index contributed by atoms with van der Waals surface area (Å²) in [6.45, 7) is 3.17. The standard InChI is InChI=1S/C20H21BrN4/c21-18-3-1-17(2-4-18)19-12-23-20(24-19)14-25-10-7-16(13-25)11-15-5-8-22-9-6-15/h1-6,8-9,12,16H,7,10-11,13-14H2,(H,23,24). The van der Waals surface area contributed by atoms with Crippen LogP contribution in [0.2, 0.25) is 0 Å². The van der Waals surface area contributed by atoms with Crippen molar-refractivity contribution in [3.63, 3.8) is 0 Å². The molecular formula is C20H21BrN4. The number of likely N-dealkylation sites (tertiary alicyclic amines) is 1. The molecule has 0 spiro atoms. The number of rotatable bonds is 5. The van der Waals surface area contributed by atoms with Gasteiger partial charge in [0, 0.05) is 23.4 Å². The third kappa shape index (κ3) is 4.17. The Hall–Kier alpha value is -1.98. The van der Waals surface area contributed by atoms with Crippen LogP contribution in [0.5, 0.6) is 0 Å². The van der Waals surface area contributed by atoms with Crippen LogP contribution in [0.15, 0.2) is 59.5 Å². The third-order valence-electron chi connectivity index (χ3n) is 4.80. The summed E-state index contributed by atoms with van der Waals surface area (Å²) < 4.78 is 1.09. The van der Waals surface area contributed by atoms with Crippen LogP contribution in [-0.4, -0.2) is 32.9 Å². The zero-order valence-corrected chi connectivity index (χ0v) is 15.6. The molecule has 0 bridgehead atoms. The van der Waals surface area contributed by atoms with E-state index in [4.69, 9.17) is 0 Å². The third-order valence-corrected chi connectivity index (χ3v) is 5.33. The van der Waals surface area contributed by atoms with Crippen molar-refractivity contribution < 1.29 is 0 Å². The molecule has 0 amide bonds. The monoisotopic (exact) mass is 396 g/mol. The Kier molecular flexibility index (Phi) is 4.95. The van der Waals surface area contributed by atoms with Gasteiger partial charge in [-0.15, -0.1) is 0 Å². The second-order valence-electron chi connectivity index (χ2n) is 6.70. The van der Waals surface area contributed by atoms with E-state index in [2.05, 4.69) is 72.2 Å². The molecule has 4 rings (SSSR count). The largest absolute Gasteiger partial charge is 0.341 e. The van der Waals surface area contributed by atoms with Gasteiger partial charge in [-0.05, 0) is 60.7 Å². The summed E-state index contributed by atoms with van der Waals surface area (Å²) >= 11 is 3.47. The van der Waals surface area contributed by atoms with Gasteiger partial charge in [-0.3, -0.25) is 9.88 Å². The highest BCUT2D eigenvalue weighted by molar-refractivity contribution is 9.10. The van der Waals surface area contributed by atoms with Crippen LogP contribution < -0.4 is 0 Å². The molecule has 1 fully saturated rings. The van der Waals surface area contributed by atoms with Gasteiger partial charge in [0.05, 0.1) is 18.4 Å². The zero-order valence-electron chi connectivity index (χ0n) is 14.0. The molecule has 4 nitrogen and oxygen atoms in total. The summed E-state index contributed by atoms with van der Waals surface area (Å²) in [5.74, 6) is 1.77. The zero-order chi connectivity index (χ0) is 17.1. The average molecular weight is 397 g/mol. The molecule has 0 aliphatic carbocycles. The minimum Gasteiger partial charge on any atom is -0.341 e. The molecular weight excluding hydrogens is 376 g/mol. The first-order valence-corrected chi connectivity index (χ1v) is 9.46. The summed E-state index contributed by atoms with van der Waals surface area (Å²) in [6, 6.07) is 12.6. The summed E-state index contributed by atoms with van der Waals surface area (Å²) in [4.78, 5) is 14.6. The van der Waals surface area contributed by atoms with Crippen LogP contribution in [-0.2, 0) is 13.0 Å². The molecule has 3 aromatic rings. The molecule has 3 heterocycles. The Morgan fingerprint density at radius 1 is 1.12 bits per heavy atom. The molecule has 1 aromatic carbocycles. The van der Waals surface area contributed by atoms with Crippen LogP contribution in [0.1, 0.15) is 17.8 Å². The second-order valence-corrected chi connectivity index (χ2v) is 7.62. The van der Waals surface area contributed by atoms with Gasteiger partial charge < -0.3 is 4.98 Å². The fourth-order valence-electron chi connectivity index (χ4n) is 3.51. The Morgan fingerprint density at radius 2 is 1.92 bits per heavy atom. The first-order chi connectivity index (χ1) is 12.3. The van der Waals surface area contributed by atoms with E-state index in [1.54, 1.807) is 0 Å². The van der Waals surface area contributed by atoms with Crippen LogP contribution in [0, 0.1) is 5.92 Å². The van der Waals surface area contributed by atoms with Crippen molar-refractivity contribution in [2.45, 2.75) is 19.4 Å². The van der Waals surface area contributed by atoms with Crippen molar-refractivity contribution in [3.8, 4) is 11.3 Å². The number of hydrogen-bond acceptors (Lipinski definition) is 3. The fourth-order valence-corrected chi connectivity index (χ4v) is 3.77. The van der Waals surface area contributed by atoms with Crippen molar-refractivity contribution in [2.75, 3.05) is 13.1 Å². The molecule has 5 heteroatoms. The normalized spacial score (nSPS) is 17.9. The Balaban J connectivity index is 1.35. The average Bonchev–Trinajstić information content (AvgIpc) is 3.27. The van der Waals surface area contributed by atoms with Gasteiger partial charge in [-0.25, -0.2) is 4.98 Å². The highest BCUT2D eigenvalue weighted by Gasteiger charge is 2.23. The molecule has 0 radical (unpaired) electrons. The number of nitrogens with zero attached hydrogens (tertiary/aromatic N) is 3. The predicted octanol–water partition coefficient (Wildman–Crippen LogP) is 4.30. The number of H-pyrrole nitrogens is 1. The van der Waals surface area contributed by atoms with Crippen molar-refractivity contribution in [1.82, 2.24) is 19.9 Å². The number of aromatic amines is 1. The van der Waals surface area contributed by atoms with E-state index in [9.17, 15) is 0 Å². The molecule has 1 unspecified atom stereocenters. The van der Waals surface area contributed by atoms with Crippen LogP contribution in [0.3, 0.4) is 0 Å². The van der Waals surface area contributed by atoms with Gasteiger partial charge in [0.25, 0.3) is 0 Å². The first-order valence-electron chi connectivity index (χ1n) is 8.67. The summed E-state index contributed by atoms with van der Waals surface area (Å²) in [7, 11) is 0. The second kappa shape index (κ2) is 7.50. The molecule has 1 aliphatic heterocycles. The van der Waals surface area contributed by atoms with Crippen molar-refractivity contribution in [2.24, 2.45) is 5.92 Å². The molecule has 1 aliphatic rings. The number of halogens is 1. The van der Waals surface area contributed by atoms with Gasteiger partial charge in [0.15, 0.2) is 0 Å². The van der Waals surface area contributed by atoms with E-state index in [1.165, 1.54) is 17.5 Å². The maximum Gasteiger partial charge on any atom is 0.120 e. The number of nitrogens with one attached hydrogen (secondary N) is 1.